The minimum Gasteiger partial charge on any atom is -1.00 e. The molecule has 1 aliphatic rings. The molecule has 1 atom stereocenters. The van der Waals surface area contributed by atoms with Gasteiger partial charge in [0.25, 0.3) is 0 Å². The Morgan fingerprint density at radius 2 is 1.61 bits per heavy atom. The van der Waals surface area contributed by atoms with Crippen molar-refractivity contribution in [1.82, 2.24) is 0 Å². The third kappa shape index (κ3) is 2.85. The van der Waals surface area contributed by atoms with Crippen molar-refractivity contribution < 1.29 is 61.9 Å². The first-order valence-electron chi connectivity index (χ1n) is 5.18. The molecule has 0 radical (unpaired) electrons. The van der Waals surface area contributed by atoms with Gasteiger partial charge >= 0.3 is 105 Å². The number of allylic oxidation sites excluding steroid dienone is 1. The topological polar surface area (TPSA) is 0 Å². The Labute approximate surface area is 141 Å². The molecule has 4 heteroatoms. The minimum absolute atomic E-state index is 0. The maximum absolute atomic E-state index is 2.36. The van der Waals surface area contributed by atoms with Crippen molar-refractivity contribution >= 4 is 16.8 Å². The van der Waals surface area contributed by atoms with Crippen LogP contribution in [0.1, 0.15) is 21.7 Å². The van der Waals surface area contributed by atoms with Crippen LogP contribution in [0.3, 0.4) is 0 Å². The molecule has 0 fully saturated rings. The van der Waals surface area contributed by atoms with Gasteiger partial charge in [-0.25, -0.2) is 0 Å². The summed E-state index contributed by atoms with van der Waals surface area (Å²) in [6.07, 6.45) is 2.36. The van der Waals surface area contributed by atoms with E-state index in [-0.39, 0.29) is 37.2 Å². The molecule has 0 nitrogen and oxygen atoms in total. The Balaban J connectivity index is 0.000000963. The predicted octanol–water partition coefficient (Wildman–Crippen LogP) is -5.14. The molecule has 0 aromatic heterocycles. The summed E-state index contributed by atoms with van der Waals surface area (Å²) in [6, 6.07) is 13.2. The number of fused-ring (bicyclic) bond motifs is 3. The number of hydrogen-bond donors (Lipinski definition) is 0. The first kappa shape index (κ1) is 18.2. The summed E-state index contributed by atoms with van der Waals surface area (Å²) in [7, 11) is 0. The third-order valence-electron chi connectivity index (χ3n) is 3.14. The van der Waals surface area contributed by atoms with E-state index in [9.17, 15) is 0 Å². The molecule has 0 bridgehead atoms. The van der Waals surface area contributed by atoms with Crippen LogP contribution in [-0.4, -0.2) is 0 Å². The van der Waals surface area contributed by atoms with Crippen molar-refractivity contribution in [2.24, 2.45) is 0 Å². The molecule has 0 heterocycles. The molecule has 18 heavy (non-hydrogen) atoms. The maximum Gasteiger partial charge on any atom is -1.00 e. The van der Waals surface area contributed by atoms with Crippen molar-refractivity contribution in [3.8, 4) is 0 Å². The van der Waals surface area contributed by atoms with E-state index >= 15 is 0 Å². The van der Waals surface area contributed by atoms with Crippen LogP contribution >= 0.6 is 0 Å². The Hall–Kier alpha value is 0.193. The van der Waals surface area contributed by atoms with Gasteiger partial charge in [-0.1, -0.05) is 0 Å². The van der Waals surface area contributed by atoms with E-state index in [2.05, 4.69) is 49.4 Å². The number of rotatable bonds is 0. The third-order valence-corrected chi connectivity index (χ3v) is 5.03. The summed E-state index contributed by atoms with van der Waals surface area (Å²) in [6.45, 7) is 2.24. The molecule has 0 amide bonds. The second kappa shape index (κ2) is 7.10. The van der Waals surface area contributed by atoms with Crippen LogP contribution in [-0.2, 0) is 24.7 Å². The van der Waals surface area contributed by atoms with E-state index in [1.807, 2.05) is 0 Å². The van der Waals surface area contributed by atoms with Gasteiger partial charge in [0.2, 0.25) is 0 Å². The fourth-order valence-corrected chi connectivity index (χ4v) is 3.11. The molecule has 0 N–H and O–H groups in total. The van der Waals surface area contributed by atoms with Gasteiger partial charge in [-0.3, -0.25) is 0 Å². The summed E-state index contributed by atoms with van der Waals surface area (Å²) >= 11 is 1.60. The van der Waals surface area contributed by atoms with Crippen molar-refractivity contribution in [3.05, 3.63) is 53.1 Å². The van der Waals surface area contributed by atoms with Crippen molar-refractivity contribution in [2.45, 2.75) is 10.5 Å². The van der Waals surface area contributed by atoms with Gasteiger partial charge in [-0.15, -0.1) is 0 Å². The molecule has 0 saturated carbocycles. The summed E-state index contributed by atoms with van der Waals surface area (Å²) in [5, 5.41) is 2.75. The molecular weight excluding hydrogens is 366 g/mol. The van der Waals surface area contributed by atoms with Crippen LogP contribution in [0.15, 0.2) is 42.0 Å². The zero-order valence-electron chi connectivity index (χ0n) is 9.75. The number of benzene rings is 2. The standard InChI is InChI=1S/C14H11.3ClH.Zr/c1-10-8-12-7-6-11-4-2-3-5-13(11)14(12)9-10;;;;/h2-9H,1H3;3*1H;/q;;;;+3/p-3. The molecular formula is C14H11Cl3Zr. The quantitative estimate of drug-likeness (QED) is 0.431. The van der Waals surface area contributed by atoms with Crippen LogP contribution in [0.2, 0.25) is 0 Å². The molecule has 0 aliphatic heterocycles. The summed E-state index contributed by atoms with van der Waals surface area (Å²) in [5.74, 6) is 0. The Kier molecular flexibility index (Phi) is 7.18. The molecule has 92 valence electrons. The smallest absolute Gasteiger partial charge is 1.00 e. The first-order valence-corrected chi connectivity index (χ1v) is 6.60. The molecule has 2 aromatic carbocycles. The van der Waals surface area contributed by atoms with E-state index in [0.717, 1.165) is 0 Å². The molecule has 1 aliphatic carbocycles. The van der Waals surface area contributed by atoms with Crippen molar-refractivity contribution in [2.75, 3.05) is 0 Å². The van der Waals surface area contributed by atoms with Gasteiger partial charge in [0.15, 0.2) is 0 Å². The normalized spacial score (nSPS) is 15.9. The zero-order valence-corrected chi connectivity index (χ0v) is 14.5. The van der Waals surface area contributed by atoms with Gasteiger partial charge in [-0.05, 0) is 0 Å². The van der Waals surface area contributed by atoms with Gasteiger partial charge in [0, 0.05) is 0 Å². The van der Waals surface area contributed by atoms with Crippen LogP contribution in [0.25, 0.3) is 16.8 Å². The van der Waals surface area contributed by atoms with E-state index in [1.54, 1.807) is 24.7 Å². The van der Waals surface area contributed by atoms with Crippen LogP contribution in [0, 0.1) is 0 Å². The second-order valence-electron chi connectivity index (χ2n) is 4.11. The first-order chi connectivity index (χ1) is 7.27. The van der Waals surface area contributed by atoms with Crippen LogP contribution < -0.4 is 37.2 Å². The van der Waals surface area contributed by atoms with Gasteiger partial charge < -0.3 is 37.2 Å². The molecule has 0 saturated heterocycles. The fraction of sp³-hybridized carbons (Fsp3) is 0.143. The van der Waals surface area contributed by atoms with Crippen molar-refractivity contribution in [3.63, 3.8) is 0 Å². The van der Waals surface area contributed by atoms with Gasteiger partial charge in [-0.2, -0.15) is 0 Å². The maximum atomic E-state index is 2.36. The fourth-order valence-electron chi connectivity index (χ4n) is 2.28. The van der Waals surface area contributed by atoms with Crippen molar-refractivity contribution in [1.29, 1.82) is 0 Å². The van der Waals surface area contributed by atoms with E-state index in [0.29, 0.717) is 3.63 Å². The molecule has 3 rings (SSSR count). The Bertz CT molecular complexity index is 578. The molecule has 1 unspecified atom stereocenters. The zero-order chi connectivity index (χ0) is 10.4. The molecule has 0 spiro atoms. The van der Waals surface area contributed by atoms with E-state index in [4.69, 9.17) is 0 Å². The summed E-state index contributed by atoms with van der Waals surface area (Å²) in [4.78, 5) is 0. The van der Waals surface area contributed by atoms with Crippen LogP contribution in [0.4, 0.5) is 0 Å². The van der Waals surface area contributed by atoms with E-state index in [1.165, 1.54) is 27.5 Å². The summed E-state index contributed by atoms with van der Waals surface area (Å²) < 4.78 is 0.678. The minimum atomic E-state index is 0. The number of hydrogen-bond acceptors (Lipinski definition) is 0. The predicted molar refractivity (Wildman–Crippen MR) is 60.3 cm³/mol. The SMILES string of the molecule is CC1=Cc2c(ccc3ccccc23)[CH]1[Zr+3].[Cl-].[Cl-].[Cl-]. The number of halogens is 3. The summed E-state index contributed by atoms with van der Waals surface area (Å²) in [5.41, 5.74) is 4.48. The van der Waals surface area contributed by atoms with Crippen LogP contribution in [0.5, 0.6) is 0 Å². The van der Waals surface area contributed by atoms with Gasteiger partial charge in [0.05, 0.1) is 0 Å². The average molecular weight is 377 g/mol. The van der Waals surface area contributed by atoms with E-state index < -0.39 is 0 Å². The second-order valence-corrected chi connectivity index (χ2v) is 5.53. The Morgan fingerprint density at radius 3 is 2.33 bits per heavy atom. The monoisotopic (exact) mass is 374 g/mol. The van der Waals surface area contributed by atoms with Gasteiger partial charge in [0.1, 0.15) is 0 Å². The largest absolute Gasteiger partial charge is 1.00 e. The Morgan fingerprint density at radius 1 is 0.944 bits per heavy atom. The average Bonchev–Trinajstić information content (AvgIpc) is 2.56. The molecule has 2 aromatic rings.